The minimum absolute atomic E-state index is 0.220. The minimum Gasteiger partial charge on any atom is -0.335 e. The van der Waals surface area contributed by atoms with Crippen LogP contribution in [0.15, 0.2) is 18.3 Å². The number of rotatable bonds is 4. The number of carbonyl (C=O) groups excluding carboxylic acids is 1. The zero-order chi connectivity index (χ0) is 15.7. The highest BCUT2D eigenvalue weighted by Crippen LogP contribution is 2.44. The van der Waals surface area contributed by atoms with Gasteiger partial charge in [0.1, 0.15) is 5.69 Å². The molecule has 1 unspecified atom stereocenters. The number of nitrogens with zero attached hydrogens (tertiary/aromatic N) is 1. The molecule has 2 saturated carbocycles. The highest BCUT2D eigenvalue weighted by Gasteiger charge is 2.40. The van der Waals surface area contributed by atoms with Gasteiger partial charge in [-0.25, -0.2) is 4.79 Å². The van der Waals surface area contributed by atoms with Gasteiger partial charge < -0.3 is 10.6 Å². The van der Waals surface area contributed by atoms with E-state index in [1.165, 1.54) is 31.5 Å². The van der Waals surface area contributed by atoms with Crippen molar-refractivity contribution in [3.8, 4) is 0 Å². The summed E-state index contributed by atoms with van der Waals surface area (Å²) >= 11 is 0. The van der Waals surface area contributed by atoms with Crippen LogP contribution in [0.2, 0.25) is 0 Å². The molecule has 3 atom stereocenters. The van der Waals surface area contributed by atoms with E-state index in [1.54, 1.807) is 6.07 Å². The first-order chi connectivity index (χ1) is 10.4. The number of amides is 2. The molecule has 0 aliphatic heterocycles. The molecule has 6 heteroatoms. The molecule has 0 spiro atoms. The standard InChI is InChI=1S/C16H21F2N3O/c1-16(17,18)14-8-11(4-5-19-14)9-20-15(22)21-13-7-10-2-3-12(13)6-10/h4-5,8,10,12-13H,2-3,6-7,9H2,1H3,(H2,20,21,22)/t10-,12?,13+/m1/s1. The summed E-state index contributed by atoms with van der Waals surface area (Å²) in [6.07, 6.45) is 6.13. The fourth-order valence-electron chi connectivity index (χ4n) is 3.65. The van der Waals surface area contributed by atoms with Crippen molar-refractivity contribution in [1.82, 2.24) is 15.6 Å². The molecule has 0 saturated heterocycles. The Bertz CT molecular complexity index is 559. The van der Waals surface area contributed by atoms with E-state index in [9.17, 15) is 13.6 Å². The van der Waals surface area contributed by atoms with Crippen molar-refractivity contribution in [2.75, 3.05) is 0 Å². The van der Waals surface area contributed by atoms with Gasteiger partial charge in [0.15, 0.2) is 0 Å². The Kier molecular flexibility index (Phi) is 4.02. The fraction of sp³-hybridized carbons (Fsp3) is 0.625. The molecular weight excluding hydrogens is 288 g/mol. The third-order valence-corrected chi connectivity index (χ3v) is 4.78. The Morgan fingerprint density at radius 3 is 2.86 bits per heavy atom. The molecule has 0 radical (unpaired) electrons. The van der Waals surface area contributed by atoms with E-state index in [2.05, 4.69) is 15.6 Å². The maximum atomic E-state index is 13.2. The van der Waals surface area contributed by atoms with Crippen LogP contribution in [0.5, 0.6) is 0 Å². The summed E-state index contributed by atoms with van der Waals surface area (Å²) in [4.78, 5) is 15.6. The molecule has 2 aliphatic rings. The van der Waals surface area contributed by atoms with Crippen LogP contribution in [-0.2, 0) is 12.5 Å². The van der Waals surface area contributed by atoms with Gasteiger partial charge in [-0.15, -0.1) is 0 Å². The number of urea groups is 1. The third-order valence-electron chi connectivity index (χ3n) is 4.78. The first-order valence-electron chi connectivity index (χ1n) is 7.79. The van der Waals surface area contributed by atoms with E-state index in [-0.39, 0.29) is 24.3 Å². The molecule has 2 bridgehead atoms. The highest BCUT2D eigenvalue weighted by atomic mass is 19.3. The Balaban J connectivity index is 1.51. The van der Waals surface area contributed by atoms with Crippen molar-refractivity contribution in [3.05, 3.63) is 29.6 Å². The van der Waals surface area contributed by atoms with Crippen LogP contribution in [0.3, 0.4) is 0 Å². The predicted octanol–water partition coefficient (Wildman–Crippen LogP) is 3.18. The lowest BCUT2D eigenvalue weighted by Gasteiger charge is -2.23. The Morgan fingerprint density at radius 2 is 2.23 bits per heavy atom. The monoisotopic (exact) mass is 309 g/mol. The SMILES string of the molecule is CC(F)(F)c1cc(CNC(=O)N[C@H]2C[C@@H]3CCC2C3)ccn1. The van der Waals surface area contributed by atoms with Crippen molar-refractivity contribution in [3.63, 3.8) is 0 Å². The van der Waals surface area contributed by atoms with E-state index >= 15 is 0 Å². The van der Waals surface area contributed by atoms with Crippen LogP contribution < -0.4 is 10.6 Å². The summed E-state index contributed by atoms with van der Waals surface area (Å²) in [5.41, 5.74) is 0.343. The molecule has 2 fully saturated rings. The number of hydrogen-bond acceptors (Lipinski definition) is 2. The number of hydrogen-bond donors (Lipinski definition) is 2. The van der Waals surface area contributed by atoms with E-state index in [0.717, 1.165) is 19.3 Å². The molecule has 4 nitrogen and oxygen atoms in total. The van der Waals surface area contributed by atoms with Gasteiger partial charge in [-0.05, 0) is 48.8 Å². The molecule has 2 amide bonds. The van der Waals surface area contributed by atoms with Crippen molar-refractivity contribution < 1.29 is 13.6 Å². The molecule has 22 heavy (non-hydrogen) atoms. The van der Waals surface area contributed by atoms with Crippen molar-refractivity contribution in [1.29, 1.82) is 0 Å². The van der Waals surface area contributed by atoms with E-state index in [0.29, 0.717) is 11.5 Å². The second-order valence-electron chi connectivity index (χ2n) is 6.55. The van der Waals surface area contributed by atoms with Crippen LogP contribution in [0.1, 0.15) is 43.9 Å². The third kappa shape index (κ3) is 3.36. The number of halogens is 2. The molecule has 0 aromatic carbocycles. The first kappa shape index (κ1) is 15.2. The van der Waals surface area contributed by atoms with Gasteiger partial charge in [-0.2, -0.15) is 8.78 Å². The summed E-state index contributed by atoms with van der Waals surface area (Å²) in [6, 6.07) is 3.01. The normalized spacial score (nSPS) is 27.0. The second kappa shape index (κ2) is 5.82. The number of carbonyl (C=O) groups is 1. The van der Waals surface area contributed by atoms with Crippen molar-refractivity contribution in [2.24, 2.45) is 11.8 Å². The quantitative estimate of drug-likeness (QED) is 0.897. The number of nitrogens with one attached hydrogen (secondary N) is 2. The zero-order valence-electron chi connectivity index (χ0n) is 12.6. The van der Waals surface area contributed by atoms with Gasteiger partial charge >= 0.3 is 6.03 Å². The van der Waals surface area contributed by atoms with Gasteiger partial charge in [0.2, 0.25) is 0 Å². The maximum absolute atomic E-state index is 13.2. The van der Waals surface area contributed by atoms with Gasteiger partial charge in [0, 0.05) is 25.7 Å². The van der Waals surface area contributed by atoms with Gasteiger partial charge in [0.25, 0.3) is 5.92 Å². The number of pyridine rings is 1. The minimum atomic E-state index is -2.97. The lowest BCUT2D eigenvalue weighted by atomic mass is 9.95. The first-order valence-corrected chi connectivity index (χ1v) is 7.79. The number of fused-ring (bicyclic) bond motifs is 2. The molecule has 2 N–H and O–H groups in total. The molecule has 3 rings (SSSR count). The Hall–Kier alpha value is -1.72. The van der Waals surface area contributed by atoms with Crippen molar-refractivity contribution >= 4 is 6.03 Å². The molecule has 1 aromatic heterocycles. The maximum Gasteiger partial charge on any atom is 0.315 e. The average molecular weight is 309 g/mol. The topological polar surface area (TPSA) is 54.0 Å². The largest absolute Gasteiger partial charge is 0.335 e. The molecular formula is C16H21F2N3O. The molecule has 120 valence electrons. The summed E-state index contributed by atoms with van der Waals surface area (Å²) < 4.78 is 26.5. The summed E-state index contributed by atoms with van der Waals surface area (Å²) in [5.74, 6) is -1.59. The average Bonchev–Trinajstić information content (AvgIpc) is 3.07. The molecule has 1 aromatic rings. The molecule has 1 heterocycles. The van der Waals surface area contributed by atoms with Crippen LogP contribution in [0.4, 0.5) is 13.6 Å². The number of alkyl halides is 2. The summed E-state index contributed by atoms with van der Waals surface area (Å²) in [6.45, 7) is 1.03. The molecule has 2 aliphatic carbocycles. The predicted molar refractivity (Wildman–Crippen MR) is 78.4 cm³/mol. The fourth-order valence-corrected chi connectivity index (χ4v) is 3.65. The van der Waals surface area contributed by atoms with Crippen LogP contribution >= 0.6 is 0 Å². The summed E-state index contributed by atoms with van der Waals surface area (Å²) in [5, 5.41) is 5.75. The lowest BCUT2D eigenvalue weighted by molar-refractivity contribution is 0.0127. The Labute approximate surface area is 128 Å². The summed E-state index contributed by atoms with van der Waals surface area (Å²) in [7, 11) is 0. The van der Waals surface area contributed by atoms with Crippen LogP contribution in [0, 0.1) is 11.8 Å². The number of aromatic nitrogens is 1. The van der Waals surface area contributed by atoms with Crippen molar-refractivity contribution in [2.45, 2.75) is 51.1 Å². The van der Waals surface area contributed by atoms with Crippen LogP contribution in [-0.4, -0.2) is 17.1 Å². The zero-order valence-corrected chi connectivity index (χ0v) is 12.6. The van der Waals surface area contributed by atoms with E-state index in [4.69, 9.17) is 0 Å². The van der Waals surface area contributed by atoms with Gasteiger partial charge in [-0.1, -0.05) is 6.42 Å². The highest BCUT2D eigenvalue weighted by molar-refractivity contribution is 5.74. The van der Waals surface area contributed by atoms with Gasteiger partial charge in [-0.3, -0.25) is 4.98 Å². The smallest absolute Gasteiger partial charge is 0.315 e. The Morgan fingerprint density at radius 1 is 1.41 bits per heavy atom. The van der Waals surface area contributed by atoms with E-state index in [1.807, 2.05) is 0 Å². The van der Waals surface area contributed by atoms with Crippen LogP contribution in [0.25, 0.3) is 0 Å². The lowest BCUT2D eigenvalue weighted by Crippen LogP contribution is -2.44. The second-order valence-corrected chi connectivity index (χ2v) is 6.55. The van der Waals surface area contributed by atoms with E-state index < -0.39 is 5.92 Å². The van der Waals surface area contributed by atoms with Gasteiger partial charge in [0.05, 0.1) is 0 Å².